The summed E-state index contributed by atoms with van der Waals surface area (Å²) in [5, 5.41) is 0. The van der Waals surface area contributed by atoms with Crippen LogP contribution in [-0.2, 0) is 14.8 Å². The topological polar surface area (TPSA) is 67.3 Å². The summed E-state index contributed by atoms with van der Waals surface area (Å²) in [5.41, 5.74) is 0. The second kappa shape index (κ2) is 5.68. The Hall–Kier alpha value is -0.790. The smallest absolute Gasteiger partial charge is 0.244 e. The standard InChI is InChI=1S/C12H15BrN2O3S/c1-15(10-2-4-11(16)5-3-10)19(17,18)12-6-9(13)7-14-8-12/h6-8,10H,2-5H2,1H3. The quantitative estimate of drug-likeness (QED) is 0.839. The van der Waals surface area contributed by atoms with Crippen molar-refractivity contribution in [1.82, 2.24) is 9.29 Å². The first-order valence-electron chi connectivity index (χ1n) is 6.01. The van der Waals surface area contributed by atoms with Gasteiger partial charge in [0, 0.05) is 42.8 Å². The van der Waals surface area contributed by atoms with Crippen LogP contribution in [0.25, 0.3) is 0 Å². The average molecular weight is 347 g/mol. The van der Waals surface area contributed by atoms with Crippen LogP contribution in [0.5, 0.6) is 0 Å². The molecule has 0 N–H and O–H groups in total. The molecule has 0 aliphatic heterocycles. The van der Waals surface area contributed by atoms with Gasteiger partial charge in [0.15, 0.2) is 0 Å². The van der Waals surface area contributed by atoms with E-state index in [2.05, 4.69) is 20.9 Å². The number of rotatable bonds is 3. The molecule has 0 bridgehead atoms. The summed E-state index contributed by atoms with van der Waals surface area (Å²) in [6.45, 7) is 0. The number of carbonyl (C=O) groups excluding carboxylic acids is 1. The van der Waals surface area contributed by atoms with Crippen molar-refractivity contribution in [3.8, 4) is 0 Å². The minimum Gasteiger partial charge on any atom is -0.300 e. The van der Waals surface area contributed by atoms with E-state index in [1.165, 1.54) is 22.8 Å². The Morgan fingerprint density at radius 1 is 1.32 bits per heavy atom. The Balaban J connectivity index is 2.22. The van der Waals surface area contributed by atoms with Gasteiger partial charge < -0.3 is 0 Å². The number of nitrogens with zero attached hydrogens (tertiary/aromatic N) is 2. The third-order valence-electron chi connectivity index (χ3n) is 3.38. The lowest BCUT2D eigenvalue weighted by Crippen LogP contribution is -2.39. The van der Waals surface area contributed by atoms with E-state index in [-0.39, 0.29) is 16.7 Å². The molecule has 1 aliphatic carbocycles. The van der Waals surface area contributed by atoms with Gasteiger partial charge in [-0.25, -0.2) is 8.42 Å². The van der Waals surface area contributed by atoms with Crippen molar-refractivity contribution >= 4 is 31.7 Å². The third kappa shape index (κ3) is 3.21. The first-order valence-corrected chi connectivity index (χ1v) is 8.25. The number of ketones is 1. The normalized spacial score (nSPS) is 17.9. The highest BCUT2D eigenvalue weighted by atomic mass is 79.9. The van der Waals surface area contributed by atoms with Gasteiger partial charge in [-0.05, 0) is 34.8 Å². The molecular weight excluding hydrogens is 332 g/mol. The van der Waals surface area contributed by atoms with Crippen LogP contribution in [0.1, 0.15) is 25.7 Å². The van der Waals surface area contributed by atoms with Crippen LogP contribution in [0.2, 0.25) is 0 Å². The van der Waals surface area contributed by atoms with Crippen LogP contribution in [0.15, 0.2) is 27.8 Å². The number of Topliss-reactive ketones (excluding diaryl/α,β-unsaturated/α-hetero) is 1. The van der Waals surface area contributed by atoms with E-state index in [0.717, 1.165) is 0 Å². The molecule has 1 aliphatic rings. The molecule has 5 nitrogen and oxygen atoms in total. The zero-order chi connectivity index (χ0) is 14.0. The number of aromatic nitrogens is 1. The van der Waals surface area contributed by atoms with E-state index in [9.17, 15) is 13.2 Å². The van der Waals surface area contributed by atoms with Crippen molar-refractivity contribution in [2.45, 2.75) is 36.6 Å². The Morgan fingerprint density at radius 3 is 2.53 bits per heavy atom. The van der Waals surface area contributed by atoms with Gasteiger partial charge in [-0.15, -0.1) is 0 Å². The van der Waals surface area contributed by atoms with E-state index >= 15 is 0 Å². The minimum atomic E-state index is -3.55. The van der Waals surface area contributed by atoms with Gasteiger partial charge >= 0.3 is 0 Å². The van der Waals surface area contributed by atoms with E-state index in [4.69, 9.17) is 0 Å². The Bertz CT molecular complexity index is 578. The second-order valence-corrected chi connectivity index (χ2v) is 7.54. The predicted molar refractivity (Wildman–Crippen MR) is 74.1 cm³/mol. The molecular formula is C12H15BrN2O3S. The maximum Gasteiger partial charge on any atom is 0.244 e. The molecule has 0 atom stereocenters. The maximum atomic E-state index is 12.4. The number of carbonyl (C=O) groups is 1. The summed E-state index contributed by atoms with van der Waals surface area (Å²) in [4.78, 5) is 15.3. The van der Waals surface area contributed by atoms with Crippen molar-refractivity contribution in [2.24, 2.45) is 0 Å². The fourth-order valence-corrected chi connectivity index (χ4v) is 4.11. The summed E-state index contributed by atoms with van der Waals surface area (Å²) >= 11 is 3.22. The van der Waals surface area contributed by atoms with Crippen LogP contribution < -0.4 is 0 Å². The van der Waals surface area contributed by atoms with Crippen molar-refractivity contribution in [1.29, 1.82) is 0 Å². The maximum absolute atomic E-state index is 12.4. The first-order chi connectivity index (χ1) is 8.91. The molecule has 2 rings (SSSR count). The highest BCUT2D eigenvalue weighted by molar-refractivity contribution is 9.10. The third-order valence-corrected chi connectivity index (χ3v) is 5.69. The van der Waals surface area contributed by atoms with E-state index < -0.39 is 10.0 Å². The van der Waals surface area contributed by atoms with Crippen LogP contribution in [0, 0.1) is 0 Å². The Morgan fingerprint density at radius 2 is 1.95 bits per heavy atom. The summed E-state index contributed by atoms with van der Waals surface area (Å²) in [6.07, 6.45) is 4.98. The summed E-state index contributed by atoms with van der Waals surface area (Å²) in [6, 6.07) is 1.42. The molecule has 1 fully saturated rings. The molecule has 1 aromatic heterocycles. The van der Waals surface area contributed by atoms with Gasteiger partial charge in [0.1, 0.15) is 10.7 Å². The molecule has 1 heterocycles. The van der Waals surface area contributed by atoms with Gasteiger partial charge in [0.05, 0.1) is 0 Å². The molecule has 7 heteroatoms. The molecule has 0 amide bonds. The lowest BCUT2D eigenvalue weighted by Gasteiger charge is -2.29. The zero-order valence-corrected chi connectivity index (χ0v) is 12.9. The van der Waals surface area contributed by atoms with Crippen molar-refractivity contribution in [3.05, 3.63) is 22.9 Å². The van der Waals surface area contributed by atoms with Gasteiger partial charge in [-0.2, -0.15) is 4.31 Å². The fraction of sp³-hybridized carbons (Fsp3) is 0.500. The van der Waals surface area contributed by atoms with Gasteiger partial charge in [0.2, 0.25) is 10.0 Å². The highest BCUT2D eigenvalue weighted by Crippen LogP contribution is 2.25. The zero-order valence-electron chi connectivity index (χ0n) is 10.5. The number of sulfonamides is 1. The van der Waals surface area contributed by atoms with Crippen molar-refractivity contribution < 1.29 is 13.2 Å². The molecule has 0 unspecified atom stereocenters. The monoisotopic (exact) mass is 346 g/mol. The lowest BCUT2D eigenvalue weighted by molar-refractivity contribution is -0.120. The Labute approximate surface area is 121 Å². The highest BCUT2D eigenvalue weighted by Gasteiger charge is 2.31. The number of hydrogen-bond donors (Lipinski definition) is 0. The van der Waals surface area contributed by atoms with E-state index in [1.807, 2.05) is 0 Å². The van der Waals surface area contributed by atoms with Crippen molar-refractivity contribution in [3.63, 3.8) is 0 Å². The van der Waals surface area contributed by atoms with Crippen molar-refractivity contribution in [2.75, 3.05) is 7.05 Å². The molecule has 0 aromatic carbocycles. The molecule has 0 radical (unpaired) electrons. The van der Waals surface area contributed by atoms with Crippen LogP contribution in [0.3, 0.4) is 0 Å². The fourth-order valence-electron chi connectivity index (χ4n) is 2.18. The Kier molecular flexibility index (Phi) is 4.37. The largest absolute Gasteiger partial charge is 0.300 e. The predicted octanol–water partition coefficient (Wildman–Crippen LogP) is 1.98. The lowest BCUT2D eigenvalue weighted by atomic mass is 9.95. The van der Waals surface area contributed by atoms with Gasteiger partial charge in [-0.1, -0.05) is 0 Å². The molecule has 104 valence electrons. The molecule has 1 aromatic rings. The molecule has 19 heavy (non-hydrogen) atoms. The SMILES string of the molecule is CN(C1CCC(=O)CC1)S(=O)(=O)c1cncc(Br)c1. The van der Waals surface area contributed by atoms with E-state index in [0.29, 0.717) is 30.2 Å². The molecule has 0 spiro atoms. The second-order valence-electron chi connectivity index (χ2n) is 4.63. The average Bonchev–Trinajstić information content (AvgIpc) is 2.39. The molecule has 0 saturated heterocycles. The van der Waals surface area contributed by atoms with Crippen LogP contribution >= 0.6 is 15.9 Å². The van der Waals surface area contributed by atoms with Gasteiger partial charge in [-0.3, -0.25) is 9.78 Å². The summed E-state index contributed by atoms with van der Waals surface area (Å²) in [7, 11) is -1.98. The van der Waals surface area contributed by atoms with E-state index in [1.54, 1.807) is 7.05 Å². The van der Waals surface area contributed by atoms with Crippen LogP contribution in [0.4, 0.5) is 0 Å². The number of hydrogen-bond acceptors (Lipinski definition) is 4. The van der Waals surface area contributed by atoms with Crippen LogP contribution in [-0.4, -0.2) is 36.6 Å². The summed E-state index contributed by atoms with van der Waals surface area (Å²) in [5.74, 6) is 0.214. The minimum absolute atomic E-state index is 0.110. The molecule has 1 saturated carbocycles. The van der Waals surface area contributed by atoms with Gasteiger partial charge in [0.25, 0.3) is 0 Å². The number of halogens is 1. The summed E-state index contributed by atoms with van der Waals surface area (Å²) < 4.78 is 26.9. The first kappa shape index (κ1) is 14.6. The number of pyridine rings is 1.